The van der Waals surface area contributed by atoms with Crippen LogP contribution in [0.2, 0.25) is 0 Å². The van der Waals surface area contributed by atoms with Crippen molar-refractivity contribution in [2.75, 3.05) is 18.5 Å². The summed E-state index contributed by atoms with van der Waals surface area (Å²) in [4.78, 5) is 20.3. The third kappa shape index (κ3) is 3.86. The Bertz CT molecular complexity index is 766. The molecule has 7 heteroatoms. The third-order valence-corrected chi connectivity index (χ3v) is 3.72. The first-order chi connectivity index (χ1) is 11.8. The first-order valence-electron chi connectivity index (χ1n) is 7.74. The Morgan fingerprint density at radius 2 is 2.25 bits per heavy atom. The van der Waals surface area contributed by atoms with Crippen LogP contribution in [0.5, 0.6) is 0 Å². The molecule has 0 aliphatic carbocycles. The Morgan fingerprint density at radius 1 is 1.38 bits per heavy atom. The fourth-order valence-electron chi connectivity index (χ4n) is 2.48. The molecular weight excluding hydrogens is 306 g/mol. The summed E-state index contributed by atoms with van der Waals surface area (Å²) >= 11 is 0. The molecule has 3 rings (SSSR count). The molecule has 2 N–H and O–H groups in total. The zero-order chi connectivity index (χ0) is 16.8. The van der Waals surface area contributed by atoms with Gasteiger partial charge in [0.25, 0.3) is 5.91 Å². The van der Waals surface area contributed by atoms with Gasteiger partial charge in [0, 0.05) is 19.2 Å². The number of carbonyl (C=O) groups excluding carboxylic acids is 1. The minimum absolute atomic E-state index is 0.0795. The predicted octanol–water partition coefficient (Wildman–Crippen LogP) is 2.00. The second kappa shape index (κ2) is 7.53. The number of hydrogen-bond acceptors (Lipinski definition) is 6. The number of benzene rings is 1. The van der Waals surface area contributed by atoms with Crippen molar-refractivity contribution in [3.05, 3.63) is 47.9 Å². The Labute approximate surface area is 139 Å². The third-order valence-electron chi connectivity index (χ3n) is 3.72. The Balaban J connectivity index is 1.67. The first kappa shape index (κ1) is 15.9. The Kier molecular flexibility index (Phi) is 4.99. The predicted molar refractivity (Wildman–Crippen MR) is 87.8 cm³/mol. The number of nitrogens with zero attached hydrogens (tertiary/aromatic N) is 3. The van der Waals surface area contributed by atoms with Crippen LogP contribution >= 0.6 is 0 Å². The summed E-state index contributed by atoms with van der Waals surface area (Å²) in [5.74, 6) is 0.180. The van der Waals surface area contributed by atoms with Crippen molar-refractivity contribution in [1.82, 2.24) is 15.3 Å². The highest BCUT2D eigenvalue weighted by Gasteiger charge is 2.17. The van der Waals surface area contributed by atoms with E-state index in [1.807, 2.05) is 6.07 Å². The molecule has 2 aromatic rings. The highest BCUT2D eigenvalue weighted by Crippen LogP contribution is 2.18. The molecule has 24 heavy (non-hydrogen) atoms. The van der Waals surface area contributed by atoms with Gasteiger partial charge in [0.2, 0.25) is 0 Å². The van der Waals surface area contributed by atoms with Gasteiger partial charge in [0.15, 0.2) is 0 Å². The van der Waals surface area contributed by atoms with Crippen molar-refractivity contribution < 1.29 is 9.53 Å². The lowest BCUT2D eigenvalue weighted by Crippen LogP contribution is -2.32. The molecule has 0 radical (unpaired) electrons. The topological polar surface area (TPSA) is 99.9 Å². The van der Waals surface area contributed by atoms with Crippen molar-refractivity contribution in [3.8, 4) is 6.07 Å². The highest BCUT2D eigenvalue weighted by molar-refractivity contribution is 5.93. The molecule has 122 valence electrons. The normalized spacial score (nSPS) is 16.4. The number of ether oxygens (including phenoxy) is 1. The standard InChI is InChI=1S/C17H17N5O2/c18-9-12-4-1-2-6-14(12)22-16-8-15(20-11-21-16)17(23)19-10-13-5-3-7-24-13/h1-2,4,6,8,11,13H,3,5,7,10H2,(H,19,23)(H,20,21,22). The number of anilines is 2. The number of nitrogens with one attached hydrogen (secondary N) is 2. The molecule has 1 atom stereocenters. The van der Waals surface area contributed by atoms with Crippen LogP contribution < -0.4 is 10.6 Å². The summed E-state index contributed by atoms with van der Waals surface area (Å²) in [6, 6.07) is 10.7. The van der Waals surface area contributed by atoms with Crippen LogP contribution in [-0.2, 0) is 4.74 Å². The number of para-hydroxylation sites is 1. The molecule has 0 bridgehead atoms. The van der Waals surface area contributed by atoms with E-state index in [-0.39, 0.29) is 17.7 Å². The van der Waals surface area contributed by atoms with Crippen molar-refractivity contribution in [1.29, 1.82) is 5.26 Å². The largest absolute Gasteiger partial charge is 0.376 e. The Morgan fingerprint density at radius 3 is 3.04 bits per heavy atom. The van der Waals surface area contributed by atoms with E-state index in [1.165, 1.54) is 6.33 Å². The molecule has 1 fully saturated rings. The van der Waals surface area contributed by atoms with Crippen molar-refractivity contribution in [2.45, 2.75) is 18.9 Å². The lowest BCUT2D eigenvalue weighted by Gasteiger charge is -2.11. The molecule has 1 amide bonds. The number of nitriles is 1. The van der Waals surface area contributed by atoms with Crippen LogP contribution in [0.15, 0.2) is 36.7 Å². The summed E-state index contributed by atoms with van der Waals surface area (Å²) in [6.07, 6.45) is 3.39. The van der Waals surface area contributed by atoms with Gasteiger partial charge in [-0.05, 0) is 25.0 Å². The molecule has 1 aromatic carbocycles. The molecule has 0 saturated carbocycles. The summed E-state index contributed by atoms with van der Waals surface area (Å²) in [5, 5.41) is 15.0. The van der Waals surface area contributed by atoms with Gasteiger partial charge in [0.05, 0.1) is 17.4 Å². The maximum atomic E-state index is 12.2. The zero-order valence-electron chi connectivity index (χ0n) is 13.0. The van der Waals surface area contributed by atoms with Gasteiger partial charge in [-0.3, -0.25) is 4.79 Å². The molecule has 7 nitrogen and oxygen atoms in total. The summed E-state index contributed by atoms with van der Waals surface area (Å²) in [5.41, 5.74) is 1.39. The SMILES string of the molecule is N#Cc1ccccc1Nc1cc(C(=O)NCC2CCCO2)ncn1. The fraction of sp³-hybridized carbons (Fsp3) is 0.294. The minimum atomic E-state index is -0.274. The Hall–Kier alpha value is -2.98. The van der Waals surface area contributed by atoms with Gasteiger partial charge in [-0.15, -0.1) is 0 Å². The number of amides is 1. The fourth-order valence-corrected chi connectivity index (χ4v) is 2.48. The average Bonchev–Trinajstić information content (AvgIpc) is 3.14. The van der Waals surface area contributed by atoms with Crippen molar-refractivity contribution in [3.63, 3.8) is 0 Å². The van der Waals surface area contributed by atoms with Crippen LogP contribution in [0.1, 0.15) is 28.9 Å². The van der Waals surface area contributed by atoms with E-state index < -0.39 is 0 Å². The minimum Gasteiger partial charge on any atom is -0.376 e. The van der Waals surface area contributed by atoms with Crippen molar-refractivity contribution >= 4 is 17.4 Å². The van der Waals surface area contributed by atoms with Gasteiger partial charge < -0.3 is 15.4 Å². The van der Waals surface area contributed by atoms with E-state index in [9.17, 15) is 4.79 Å². The van der Waals surface area contributed by atoms with Crippen LogP contribution in [-0.4, -0.2) is 35.1 Å². The highest BCUT2D eigenvalue weighted by atomic mass is 16.5. The van der Waals surface area contributed by atoms with E-state index in [0.29, 0.717) is 23.6 Å². The lowest BCUT2D eigenvalue weighted by molar-refractivity contribution is 0.0853. The number of hydrogen-bond donors (Lipinski definition) is 2. The number of aromatic nitrogens is 2. The second-order valence-electron chi connectivity index (χ2n) is 5.42. The maximum Gasteiger partial charge on any atom is 0.270 e. The van der Waals surface area contributed by atoms with E-state index in [0.717, 1.165) is 19.4 Å². The quantitative estimate of drug-likeness (QED) is 0.873. The molecule has 1 aliphatic rings. The van der Waals surface area contributed by atoms with Crippen molar-refractivity contribution in [2.24, 2.45) is 0 Å². The van der Waals surface area contributed by atoms with Crippen LogP contribution in [0, 0.1) is 11.3 Å². The van der Waals surface area contributed by atoms with Crippen LogP contribution in [0.3, 0.4) is 0 Å². The zero-order valence-corrected chi connectivity index (χ0v) is 13.0. The molecule has 2 heterocycles. The molecule has 1 unspecified atom stereocenters. The monoisotopic (exact) mass is 323 g/mol. The van der Waals surface area contributed by atoms with Gasteiger partial charge in [-0.1, -0.05) is 12.1 Å². The number of carbonyl (C=O) groups is 1. The molecule has 1 aliphatic heterocycles. The van der Waals surface area contributed by atoms with Gasteiger partial charge in [0.1, 0.15) is 23.9 Å². The lowest BCUT2D eigenvalue weighted by atomic mass is 10.2. The van der Waals surface area contributed by atoms with E-state index in [2.05, 4.69) is 26.7 Å². The summed E-state index contributed by atoms with van der Waals surface area (Å²) in [6.45, 7) is 1.23. The molecular formula is C17H17N5O2. The van der Waals surface area contributed by atoms with E-state index in [1.54, 1.807) is 24.3 Å². The van der Waals surface area contributed by atoms with Crippen LogP contribution in [0.25, 0.3) is 0 Å². The molecule has 1 saturated heterocycles. The molecule has 1 aromatic heterocycles. The second-order valence-corrected chi connectivity index (χ2v) is 5.42. The average molecular weight is 323 g/mol. The van der Waals surface area contributed by atoms with Gasteiger partial charge in [-0.2, -0.15) is 5.26 Å². The van der Waals surface area contributed by atoms with Gasteiger partial charge >= 0.3 is 0 Å². The smallest absolute Gasteiger partial charge is 0.270 e. The first-order valence-corrected chi connectivity index (χ1v) is 7.74. The van der Waals surface area contributed by atoms with E-state index in [4.69, 9.17) is 10.00 Å². The maximum absolute atomic E-state index is 12.2. The van der Waals surface area contributed by atoms with E-state index >= 15 is 0 Å². The van der Waals surface area contributed by atoms with Gasteiger partial charge in [-0.25, -0.2) is 9.97 Å². The number of rotatable bonds is 5. The summed E-state index contributed by atoms with van der Waals surface area (Å²) in [7, 11) is 0. The summed E-state index contributed by atoms with van der Waals surface area (Å²) < 4.78 is 5.48. The molecule has 0 spiro atoms. The van der Waals surface area contributed by atoms with Crippen LogP contribution in [0.4, 0.5) is 11.5 Å².